The minimum absolute atomic E-state index is 0.866. The first-order valence-electron chi connectivity index (χ1n) is 6.05. The lowest BCUT2D eigenvalue weighted by molar-refractivity contribution is 1.14. The summed E-state index contributed by atoms with van der Waals surface area (Å²) in [4.78, 5) is 5.91. The van der Waals surface area contributed by atoms with Crippen molar-refractivity contribution in [2.45, 2.75) is 17.6 Å². The first kappa shape index (κ1) is 12.8. The van der Waals surface area contributed by atoms with E-state index in [0.29, 0.717) is 0 Å². The number of hydrogen-bond donors (Lipinski definition) is 0. The molecule has 19 heavy (non-hydrogen) atoms. The Bertz CT molecular complexity index is 704. The Balaban J connectivity index is 1.82. The summed E-state index contributed by atoms with van der Waals surface area (Å²) in [6.07, 6.45) is 2.02. The number of hydrogen-bond acceptors (Lipinski definition) is 2. The molecule has 0 aliphatic rings. The zero-order valence-electron chi connectivity index (χ0n) is 10.5. The third kappa shape index (κ3) is 2.69. The van der Waals surface area contributed by atoms with Gasteiger partial charge in [0.25, 0.3) is 0 Å². The van der Waals surface area contributed by atoms with Crippen LogP contribution in [-0.2, 0) is 5.75 Å². The number of aryl methyl sites for hydroxylation is 1. The summed E-state index contributed by atoms with van der Waals surface area (Å²) < 4.78 is 3.10. The molecule has 2 aromatic heterocycles. The zero-order chi connectivity index (χ0) is 13.2. The van der Waals surface area contributed by atoms with E-state index in [1.54, 1.807) is 11.8 Å². The number of fused-ring (bicyclic) bond motifs is 1. The van der Waals surface area contributed by atoms with Crippen LogP contribution in [0.5, 0.6) is 0 Å². The van der Waals surface area contributed by atoms with Crippen molar-refractivity contribution in [1.29, 1.82) is 0 Å². The lowest BCUT2D eigenvalue weighted by Gasteiger charge is -2.00. The van der Waals surface area contributed by atoms with Gasteiger partial charge in [0, 0.05) is 16.8 Å². The van der Waals surface area contributed by atoms with Crippen molar-refractivity contribution in [3.8, 4) is 0 Å². The molecule has 0 N–H and O–H groups in total. The van der Waals surface area contributed by atoms with Gasteiger partial charge in [-0.15, -0.1) is 11.8 Å². The predicted octanol–water partition coefficient (Wildman–Crippen LogP) is 4.70. The van der Waals surface area contributed by atoms with Crippen molar-refractivity contribution in [3.05, 3.63) is 64.5 Å². The first-order valence-corrected chi connectivity index (χ1v) is 7.83. The summed E-state index contributed by atoms with van der Waals surface area (Å²) in [6.45, 7) is 2.10. The summed E-state index contributed by atoms with van der Waals surface area (Å²) >= 11 is 5.43. The maximum Gasteiger partial charge on any atom is 0.137 e. The topological polar surface area (TPSA) is 17.3 Å². The highest BCUT2D eigenvalue weighted by Gasteiger charge is 2.09. The molecule has 0 bridgehead atoms. The minimum Gasteiger partial charge on any atom is -0.294 e. The minimum atomic E-state index is 0.866. The van der Waals surface area contributed by atoms with Crippen LogP contribution in [0.2, 0.25) is 0 Å². The van der Waals surface area contributed by atoms with E-state index in [2.05, 4.69) is 56.5 Å². The second-order valence-electron chi connectivity index (χ2n) is 4.38. The third-order valence-electron chi connectivity index (χ3n) is 2.93. The number of thioether (sulfide) groups is 1. The molecule has 1 aromatic carbocycles. The van der Waals surface area contributed by atoms with Gasteiger partial charge in [-0.2, -0.15) is 0 Å². The molecule has 0 radical (unpaired) electrons. The lowest BCUT2D eigenvalue weighted by Crippen LogP contribution is -1.84. The monoisotopic (exact) mass is 332 g/mol. The standard InChI is InChI=1S/C15H13BrN2S/c1-11-5-7-12(8-6-11)19-10-13-15(16)18-9-3-2-4-14(18)17-13/h2-9H,10H2,1H3. The second kappa shape index (κ2) is 5.39. The molecular weight excluding hydrogens is 320 g/mol. The van der Waals surface area contributed by atoms with Crippen molar-refractivity contribution in [2.24, 2.45) is 0 Å². The molecule has 2 nitrogen and oxygen atoms in total. The highest BCUT2D eigenvalue weighted by molar-refractivity contribution is 9.10. The molecule has 3 rings (SSSR count). The van der Waals surface area contributed by atoms with Gasteiger partial charge in [0.2, 0.25) is 0 Å². The van der Waals surface area contributed by atoms with Gasteiger partial charge in [-0.1, -0.05) is 23.8 Å². The molecule has 0 aliphatic carbocycles. The van der Waals surface area contributed by atoms with Crippen LogP contribution in [0.15, 0.2) is 58.2 Å². The van der Waals surface area contributed by atoms with E-state index in [9.17, 15) is 0 Å². The van der Waals surface area contributed by atoms with Crippen LogP contribution in [0.4, 0.5) is 0 Å². The molecule has 4 heteroatoms. The predicted molar refractivity (Wildman–Crippen MR) is 83.6 cm³/mol. The first-order chi connectivity index (χ1) is 9.24. The second-order valence-corrected chi connectivity index (χ2v) is 6.18. The smallest absolute Gasteiger partial charge is 0.137 e. The van der Waals surface area contributed by atoms with Gasteiger partial charge < -0.3 is 0 Å². The number of rotatable bonds is 3. The molecule has 0 aliphatic heterocycles. The van der Waals surface area contributed by atoms with Gasteiger partial charge in [-0.25, -0.2) is 4.98 Å². The van der Waals surface area contributed by atoms with Crippen molar-refractivity contribution in [3.63, 3.8) is 0 Å². The number of nitrogens with zero attached hydrogens (tertiary/aromatic N) is 2. The van der Waals surface area contributed by atoms with Gasteiger partial charge in [-0.3, -0.25) is 4.40 Å². The molecular formula is C15H13BrN2S. The Labute approximate surface area is 125 Å². The van der Waals surface area contributed by atoms with Crippen LogP contribution in [0.25, 0.3) is 5.65 Å². The number of benzene rings is 1. The molecule has 96 valence electrons. The number of halogens is 1. The molecule has 0 atom stereocenters. The fourth-order valence-corrected chi connectivity index (χ4v) is 3.44. The molecule has 0 spiro atoms. The maximum atomic E-state index is 4.64. The van der Waals surface area contributed by atoms with Crippen LogP contribution in [0, 0.1) is 6.92 Å². The van der Waals surface area contributed by atoms with Gasteiger partial charge >= 0.3 is 0 Å². The van der Waals surface area contributed by atoms with Crippen molar-refractivity contribution in [1.82, 2.24) is 9.38 Å². The Morgan fingerprint density at radius 2 is 1.95 bits per heavy atom. The summed E-state index contributed by atoms with van der Waals surface area (Å²) in [7, 11) is 0. The number of aromatic nitrogens is 2. The Morgan fingerprint density at radius 1 is 1.16 bits per heavy atom. The van der Waals surface area contributed by atoms with E-state index >= 15 is 0 Å². The summed E-state index contributed by atoms with van der Waals surface area (Å²) in [5.41, 5.74) is 3.35. The lowest BCUT2D eigenvalue weighted by atomic mass is 10.2. The molecule has 0 unspecified atom stereocenters. The quantitative estimate of drug-likeness (QED) is 0.647. The van der Waals surface area contributed by atoms with Gasteiger partial charge in [0.05, 0.1) is 5.69 Å². The Kier molecular flexibility index (Phi) is 3.62. The van der Waals surface area contributed by atoms with E-state index in [1.165, 1.54) is 10.5 Å². The van der Waals surface area contributed by atoms with E-state index in [0.717, 1.165) is 21.7 Å². The van der Waals surface area contributed by atoms with Gasteiger partial charge in [0.1, 0.15) is 10.3 Å². The maximum absolute atomic E-state index is 4.64. The SMILES string of the molecule is Cc1ccc(SCc2nc3ccccn3c2Br)cc1. The van der Waals surface area contributed by atoms with Crippen LogP contribution in [0.1, 0.15) is 11.3 Å². The largest absolute Gasteiger partial charge is 0.294 e. The number of imidazole rings is 1. The van der Waals surface area contributed by atoms with E-state index in [-0.39, 0.29) is 0 Å². The average Bonchev–Trinajstić information content (AvgIpc) is 2.76. The van der Waals surface area contributed by atoms with Crippen LogP contribution < -0.4 is 0 Å². The number of pyridine rings is 1. The highest BCUT2D eigenvalue weighted by atomic mass is 79.9. The van der Waals surface area contributed by atoms with Gasteiger partial charge in [0.15, 0.2) is 0 Å². The molecule has 0 fully saturated rings. The molecule has 0 amide bonds. The average molecular weight is 333 g/mol. The van der Waals surface area contributed by atoms with E-state index < -0.39 is 0 Å². The molecule has 2 heterocycles. The van der Waals surface area contributed by atoms with Crippen LogP contribution in [-0.4, -0.2) is 9.38 Å². The van der Waals surface area contributed by atoms with E-state index in [4.69, 9.17) is 0 Å². The van der Waals surface area contributed by atoms with Crippen LogP contribution >= 0.6 is 27.7 Å². The third-order valence-corrected chi connectivity index (χ3v) is 4.80. The summed E-state index contributed by atoms with van der Waals surface area (Å²) in [5, 5.41) is 0. The Hall–Kier alpha value is -1.26. The molecule has 0 saturated heterocycles. The highest BCUT2D eigenvalue weighted by Crippen LogP contribution is 2.27. The fraction of sp³-hybridized carbons (Fsp3) is 0.133. The van der Waals surface area contributed by atoms with E-state index in [1.807, 2.05) is 24.4 Å². The Morgan fingerprint density at radius 3 is 2.68 bits per heavy atom. The van der Waals surface area contributed by atoms with Crippen molar-refractivity contribution < 1.29 is 0 Å². The van der Waals surface area contributed by atoms with Crippen molar-refractivity contribution in [2.75, 3.05) is 0 Å². The fourth-order valence-electron chi connectivity index (χ4n) is 1.89. The van der Waals surface area contributed by atoms with Crippen LogP contribution in [0.3, 0.4) is 0 Å². The van der Waals surface area contributed by atoms with Crippen molar-refractivity contribution >= 4 is 33.3 Å². The van der Waals surface area contributed by atoms with Gasteiger partial charge in [-0.05, 0) is 47.1 Å². The normalized spacial score (nSPS) is 11.1. The molecule has 0 saturated carbocycles. The summed E-state index contributed by atoms with van der Waals surface area (Å²) in [5.74, 6) is 0.866. The molecule has 3 aromatic rings. The summed E-state index contributed by atoms with van der Waals surface area (Å²) in [6, 6.07) is 14.6. The zero-order valence-corrected chi connectivity index (χ0v) is 12.9.